The summed E-state index contributed by atoms with van der Waals surface area (Å²) in [6.45, 7) is 1.02. The molecular weight excluding hydrogens is 406 g/mol. The van der Waals surface area contributed by atoms with Crippen LogP contribution in [0.1, 0.15) is 24.0 Å². The van der Waals surface area contributed by atoms with Crippen LogP contribution in [-0.2, 0) is 17.8 Å². The Morgan fingerprint density at radius 1 is 1.16 bits per heavy atom. The van der Waals surface area contributed by atoms with Crippen molar-refractivity contribution in [3.8, 4) is 0 Å². The zero-order chi connectivity index (χ0) is 22.3. The first kappa shape index (κ1) is 22.8. The number of nitrogens with zero attached hydrogens (tertiary/aromatic N) is 2. The Bertz CT molecular complexity index is 890. The quantitative estimate of drug-likeness (QED) is 0.356. The summed E-state index contributed by atoms with van der Waals surface area (Å²) in [5.41, 5.74) is 7.15. The number of halogens is 2. The molecule has 31 heavy (non-hydrogen) atoms. The molecule has 3 rings (SSSR count). The van der Waals surface area contributed by atoms with Gasteiger partial charge in [-0.2, -0.15) is 10.0 Å². The average Bonchev–Trinajstić information content (AvgIpc) is 2.78. The fraction of sp³-hybridized carbons (Fsp3) is 0.364. The third kappa shape index (κ3) is 6.30. The SMILES string of the molecule is O=C[N+]1(NCc2cc(F)ccc2F)CCC(NN(CCc2ccccc2)C(=O)[O-])CC1. The van der Waals surface area contributed by atoms with E-state index in [0.717, 1.165) is 35.2 Å². The second-order valence-corrected chi connectivity index (χ2v) is 7.71. The standard InChI is InChI=1S/C22H26F2N4O3/c23-19-6-7-21(24)18(14-19)15-25-28(16-29)12-9-20(10-13-28)26-27(22(30)31)11-8-17-4-2-1-3-5-17/h1-7,14,16,20,25-26H,8-13,15H2. The van der Waals surface area contributed by atoms with Crippen molar-refractivity contribution in [2.24, 2.45) is 0 Å². The van der Waals surface area contributed by atoms with Gasteiger partial charge in [0.1, 0.15) is 24.7 Å². The van der Waals surface area contributed by atoms with Crippen molar-refractivity contribution in [2.75, 3.05) is 19.6 Å². The summed E-state index contributed by atoms with van der Waals surface area (Å²) in [5, 5.41) is 12.6. The van der Waals surface area contributed by atoms with E-state index in [4.69, 9.17) is 0 Å². The van der Waals surface area contributed by atoms with Gasteiger partial charge in [-0.1, -0.05) is 30.3 Å². The molecule has 2 N–H and O–H groups in total. The third-order valence-electron chi connectivity index (χ3n) is 5.57. The molecule has 0 radical (unpaired) electrons. The van der Waals surface area contributed by atoms with Gasteiger partial charge in [0.15, 0.2) is 6.09 Å². The van der Waals surface area contributed by atoms with E-state index < -0.39 is 17.7 Å². The number of hydrogen-bond donors (Lipinski definition) is 2. The minimum absolute atomic E-state index is 0.00265. The summed E-state index contributed by atoms with van der Waals surface area (Å²) in [7, 11) is 0. The Morgan fingerprint density at radius 2 is 1.87 bits per heavy atom. The first-order valence-electron chi connectivity index (χ1n) is 10.2. The third-order valence-corrected chi connectivity index (χ3v) is 5.57. The molecule has 1 heterocycles. The molecule has 1 aliphatic rings. The summed E-state index contributed by atoms with van der Waals surface area (Å²) in [4.78, 5) is 23.3. The highest BCUT2D eigenvalue weighted by Gasteiger charge is 2.35. The van der Waals surface area contributed by atoms with Gasteiger partial charge in [0, 0.05) is 31.0 Å². The lowest BCUT2D eigenvalue weighted by molar-refractivity contribution is -0.897. The molecule has 7 nitrogen and oxygen atoms in total. The summed E-state index contributed by atoms with van der Waals surface area (Å²) in [6.07, 6.45) is 1.03. The number of carbonyl (C=O) groups excluding carboxylic acids is 2. The highest BCUT2D eigenvalue weighted by molar-refractivity contribution is 5.61. The summed E-state index contributed by atoms with van der Waals surface area (Å²) in [5.74, 6) is -1.09. The lowest BCUT2D eigenvalue weighted by Crippen LogP contribution is -2.64. The van der Waals surface area contributed by atoms with Crippen molar-refractivity contribution >= 4 is 12.5 Å². The fourth-order valence-electron chi connectivity index (χ4n) is 3.69. The normalized spacial score (nSPS) is 20.9. The molecule has 166 valence electrons. The number of piperidine rings is 1. The first-order chi connectivity index (χ1) is 14.9. The number of amides is 2. The van der Waals surface area contributed by atoms with Crippen molar-refractivity contribution in [3.05, 3.63) is 71.3 Å². The second kappa shape index (κ2) is 10.4. The number of benzene rings is 2. The van der Waals surface area contributed by atoms with Crippen LogP contribution in [0.15, 0.2) is 48.5 Å². The molecule has 0 unspecified atom stereocenters. The van der Waals surface area contributed by atoms with Crippen LogP contribution in [0.2, 0.25) is 0 Å². The Labute approximate surface area is 179 Å². The van der Waals surface area contributed by atoms with E-state index in [1.54, 1.807) is 0 Å². The van der Waals surface area contributed by atoms with Crippen molar-refractivity contribution in [3.63, 3.8) is 0 Å². The maximum absolute atomic E-state index is 13.8. The number of carbonyl (C=O) groups is 2. The lowest BCUT2D eigenvalue weighted by Gasteiger charge is -2.40. The number of quaternary nitrogens is 1. The van der Waals surface area contributed by atoms with E-state index in [9.17, 15) is 23.5 Å². The molecule has 1 saturated heterocycles. The maximum atomic E-state index is 13.8. The molecular formula is C22H26F2N4O3. The molecule has 9 heteroatoms. The van der Waals surface area contributed by atoms with Gasteiger partial charge in [-0.3, -0.25) is 5.01 Å². The van der Waals surface area contributed by atoms with Crippen LogP contribution in [0.25, 0.3) is 0 Å². The fourth-order valence-corrected chi connectivity index (χ4v) is 3.69. The molecule has 0 saturated carbocycles. The Hall–Kier alpha value is -2.88. The number of carboxylic acid groups (broad SMARTS) is 1. The smallest absolute Gasteiger partial charge is 0.320 e. The predicted octanol–water partition coefficient (Wildman–Crippen LogP) is 1.50. The minimum Gasteiger partial charge on any atom is -0.529 e. The number of hydrogen-bond acceptors (Lipinski definition) is 5. The Morgan fingerprint density at radius 3 is 2.52 bits per heavy atom. The van der Waals surface area contributed by atoms with Crippen molar-refractivity contribution in [2.45, 2.75) is 31.8 Å². The molecule has 0 aliphatic carbocycles. The molecule has 0 spiro atoms. The average molecular weight is 432 g/mol. The van der Waals surface area contributed by atoms with E-state index >= 15 is 0 Å². The number of hydrazine groups is 1. The number of nitrogens with one attached hydrogen (secondary N) is 2. The molecule has 2 aromatic rings. The lowest BCUT2D eigenvalue weighted by atomic mass is 10.1. The highest BCUT2D eigenvalue weighted by Crippen LogP contribution is 2.17. The van der Waals surface area contributed by atoms with E-state index in [-0.39, 0.29) is 29.3 Å². The maximum Gasteiger partial charge on any atom is 0.320 e. The largest absolute Gasteiger partial charge is 0.529 e. The zero-order valence-electron chi connectivity index (χ0n) is 17.1. The van der Waals surface area contributed by atoms with Crippen LogP contribution < -0.4 is 16.0 Å². The van der Waals surface area contributed by atoms with Gasteiger partial charge < -0.3 is 9.90 Å². The predicted molar refractivity (Wildman–Crippen MR) is 108 cm³/mol. The molecule has 2 aromatic carbocycles. The molecule has 0 aromatic heterocycles. The summed E-state index contributed by atoms with van der Waals surface area (Å²) in [6, 6.07) is 12.6. The van der Waals surface area contributed by atoms with Gasteiger partial charge in [0.05, 0.1) is 6.54 Å². The van der Waals surface area contributed by atoms with Crippen LogP contribution in [-0.4, -0.2) is 47.8 Å². The van der Waals surface area contributed by atoms with Gasteiger partial charge in [0.25, 0.3) is 0 Å². The molecule has 1 aliphatic heterocycles. The monoisotopic (exact) mass is 432 g/mol. The highest BCUT2D eigenvalue weighted by atomic mass is 19.1. The van der Waals surface area contributed by atoms with Crippen LogP contribution in [0, 0.1) is 11.6 Å². The van der Waals surface area contributed by atoms with Crippen molar-refractivity contribution in [1.82, 2.24) is 15.9 Å². The van der Waals surface area contributed by atoms with Gasteiger partial charge >= 0.3 is 6.41 Å². The van der Waals surface area contributed by atoms with E-state index in [0.29, 0.717) is 32.4 Å². The number of rotatable bonds is 9. The van der Waals surface area contributed by atoms with Crippen LogP contribution in [0.5, 0.6) is 0 Å². The minimum atomic E-state index is -1.31. The topological polar surface area (TPSA) is 84.5 Å². The summed E-state index contributed by atoms with van der Waals surface area (Å²) >= 11 is 0. The Balaban J connectivity index is 1.52. The van der Waals surface area contributed by atoms with Crippen LogP contribution in [0.3, 0.4) is 0 Å². The van der Waals surface area contributed by atoms with Gasteiger partial charge in [-0.15, -0.1) is 0 Å². The molecule has 2 amide bonds. The van der Waals surface area contributed by atoms with Crippen LogP contribution >= 0.6 is 0 Å². The Kier molecular flexibility index (Phi) is 7.67. The summed E-state index contributed by atoms with van der Waals surface area (Å²) < 4.78 is 27.1. The van der Waals surface area contributed by atoms with E-state index in [1.165, 1.54) is 0 Å². The molecule has 0 bridgehead atoms. The zero-order valence-corrected chi connectivity index (χ0v) is 17.1. The van der Waals surface area contributed by atoms with Crippen molar-refractivity contribution < 1.29 is 28.1 Å². The van der Waals surface area contributed by atoms with Gasteiger partial charge in [0.2, 0.25) is 0 Å². The number of likely N-dealkylation sites (tertiary alicyclic amines) is 1. The van der Waals surface area contributed by atoms with Gasteiger partial charge in [-0.05, 0) is 30.2 Å². The van der Waals surface area contributed by atoms with Crippen LogP contribution in [0.4, 0.5) is 13.6 Å². The van der Waals surface area contributed by atoms with Crippen molar-refractivity contribution in [1.29, 1.82) is 0 Å². The second-order valence-electron chi connectivity index (χ2n) is 7.71. The van der Waals surface area contributed by atoms with E-state index in [2.05, 4.69) is 10.9 Å². The van der Waals surface area contributed by atoms with E-state index in [1.807, 2.05) is 30.3 Å². The molecule has 0 atom stereocenters. The molecule has 1 fully saturated rings. The first-order valence-corrected chi connectivity index (χ1v) is 10.2. The van der Waals surface area contributed by atoms with Gasteiger partial charge in [-0.25, -0.2) is 19.0 Å².